The van der Waals surface area contributed by atoms with Gasteiger partial charge in [0.1, 0.15) is 18.0 Å². The van der Waals surface area contributed by atoms with Crippen molar-refractivity contribution in [2.75, 3.05) is 36.4 Å². The lowest BCUT2D eigenvalue weighted by molar-refractivity contribution is 0.0946. The maximum Gasteiger partial charge on any atom is 0.273 e. The highest BCUT2D eigenvalue weighted by molar-refractivity contribution is 5.93. The summed E-state index contributed by atoms with van der Waals surface area (Å²) in [6.45, 7) is 3.03. The van der Waals surface area contributed by atoms with Crippen molar-refractivity contribution < 1.29 is 9.32 Å². The molecule has 0 aromatic carbocycles. The number of carbonyl (C=O) groups is 1. The molecule has 9 heteroatoms. The lowest BCUT2D eigenvalue weighted by Crippen LogP contribution is -2.29. The summed E-state index contributed by atoms with van der Waals surface area (Å²) in [4.78, 5) is 27.0. The average molecular weight is 379 g/mol. The minimum atomic E-state index is -0.291. The molecule has 0 unspecified atom stereocenters. The molecule has 9 nitrogen and oxygen atoms in total. The van der Waals surface area contributed by atoms with E-state index in [1.165, 1.54) is 12.8 Å². The second-order valence-electron chi connectivity index (χ2n) is 6.46. The molecule has 4 rings (SSSR count). The molecular formula is C19H21N7O2. The van der Waals surface area contributed by atoms with E-state index in [-0.39, 0.29) is 11.6 Å². The van der Waals surface area contributed by atoms with E-state index in [9.17, 15) is 4.79 Å². The van der Waals surface area contributed by atoms with Crippen LogP contribution in [-0.2, 0) is 0 Å². The molecule has 0 saturated carbocycles. The number of hydrogen-bond donors (Lipinski definition) is 2. The predicted molar refractivity (Wildman–Crippen MR) is 104 cm³/mol. The SMILES string of the molecule is O=C(NCCNc1cc(N2CCCC2)ncn1)c1cc(-c2cccnc2)on1. The van der Waals surface area contributed by atoms with E-state index in [1.807, 2.05) is 12.1 Å². The van der Waals surface area contributed by atoms with Crippen LogP contribution in [0, 0.1) is 0 Å². The standard InChI is InChI=1S/C19H21N7O2/c27-19(15-10-16(28-25-15)14-4-3-5-20-12-14)22-7-6-21-17-11-18(24-13-23-17)26-8-1-2-9-26/h3-5,10-13H,1-2,6-9H2,(H,22,27)(H,21,23,24). The van der Waals surface area contributed by atoms with Crippen LogP contribution in [0.5, 0.6) is 0 Å². The highest BCUT2D eigenvalue weighted by atomic mass is 16.5. The van der Waals surface area contributed by atoms with E-state index in [0.29, 0.717) is 18.8 Å². The van der Waals surface area contributed by atoms with Crippen molar-refractivity contribution in [3.05, 3.63) is 48.7 Å². The van der Waals surface area contributed by atoms with Crippen LogP contribution in [0.3, 0.4) is 0 Å². The van der Waals surface area contributed by atoms with Crippen LogP contribution < -0.4 is 15.5 Å². The number of rotatable bonds is 7. The molecule has 1 amide bonds. The fourth-order valence-corrected chi connectivity index (χ4v) is 3.05. The Labute approximate surface area is 162 Å². The van der Waals surface area contributed by atoms with E-state index in [0.717, 1.165) is 30.3 Å². The average Bonchev–Trinajstić information content (AvgIpc) is 3.44. The minimum Gasteiger partial charge on any atom is -0.368 e. The van der Waals surface area contributed by atoms with Gasteiger partial charge in [-0.3, -0.25) is 9.78 Å². The lowest BCUT2D eigenvalue weighted by atomic mass is 10.2. The Balaban J connectivity index is 1.26. The van der Waals surface area contributed by atoms with Gasteiger partial charge >= 0.3 is 0 Å². The van der Waals surface area contributed by atoms with Crippen LogP contribution in [0.1, 0.15) is 23.3 Å². The molecule has 1 saturated heterocycles. The lowest BCUT2D eigenvalue weighted by Gasteiger charge is -2.16. The number of nitrogens with zero attached hydrogens (tertiary/aromatic N) is 5. The predicted octanol–water partition coefficient (Wildman–Crippen LogP) is 1.97. The quantitative estimate of drug-likeness (QED) is 0.600. The van der Waals surface area contributed by atoms with Crippen molar-refractivity contribution in [2.45, 2.75) is 12.8 Å². The number of hydrogen-bond acceptors (Lipinski definition) is 8. The van der Waals surface area contributed by atoms with Crippen molar-refractivity contribution in [3.8, 4) is 11.3 Å². The number of amides is 1. The first-order chi connectivity index (χ1) is 13.8. The van der Waals surface area contributed by atoms with Crippen LogP contribution >= 0.6 is 0 Å². The van der Waals surface area contributed by atoms with Gasteiger partial charge in [0.2, 0.25) is 0 Å². The highest BCUT2D eigenvalue weighted by Crippen LogP contribution is 2.20. The molecule has 0 bridgehead atoms. The van der Waals surface area contributed by atoms with Crippen molar-refractivity contribution >= 4 is 17.5 Å². The van der Waals surface area contributed by atoms with Gasteiger partial charge in [0, 0.05) is 56.3 Å². The van der Waals surface area contributed by atoms with Gasteiger partial charge in [-0.05, 0) is 25.0 Å². The molecule has 1 aliphatic rings. The number of anilines is 2. The van der Waals surface area contributed by atoms with E-state index < -0.39 is 0 Å². The Morgan fingerprint density at radius 1 is 1.18 bits per heavy atom. The molecule has 0 spiro atoms. The Kier molecular flexibility index (Phi) is 5.41. The molecular weight excluding hydrogens is 358 g/mol. The first kappa shape index (κ1) is 17.9. The molecule has 0 radical (unpaired) electrons. The van der Waals surface area contributed by atoms with Crippen LogP contribution in [0.2, 0.25) is 0 Å². The van der Waals surface area contributed by atoms with Crippen molar-refractivity contribution in [1.82, 2.24) is 25.4 Å². The van der Waals surface area contributed by atoms with Crippen molar-refractivity contribution in [2.24, 2.45) is 0 Å². The Morgan fingerprint density at radius 3 is 2.89 bits per heavy atom. The van der Waals surface area contributed by atoms with Gasteiger partial charge in [-0.25, -0.2) is 9.97 Å². The van der Waals surface area contributed by atoms with Gasteiger partial charge in [-0.1, -0.05) is 5.16 Å². The minimum absolute atomic E-state index is 0.234. The first-order valence-electron chi connectivity index (χ1n) is 9.26. The van der Waals surface area contributed by atoms with E-state index >= 15 is 0 Å². The van der Waals surface area contributed by atoms with Gasteiger partial charge in [-0.2, -0.15) is 0 Å². The number of aromatic nitrogens is 4. The van der Waals surface area contributed by atoms with E-state index in [2.05, 4.69) is 35.6 Å². The monoisotopic (exact) mass is 379 g/mol. The van der Waals surface area contributed by atoms with Crippen molar-refractivity contribution in [1.29, 1.82) is 0 Å². The third-order valence-corrected chi connectivity index (χ3v) is 4.49. The number of pyridine rings is 1. The summed E-state index contributed by atoms with van der Waals surface area (Å²) >= 11 is 0. The molecule has 3 aromatic rings. The summed E-state index contributed by atoms with van der Waals surface area (Å²) in [5.41, 5.74) is 1.01. The molecule has 1 fully saturated rings. The van der Waals surface area contributed by atoms with E-state index in [1.54, 1.807) is 30.9 Å². The molecule has 2 N–H and O–H groups in total. The maximum absolute atomic E-state index is 12.2. The highest BCUT2D eigenvalue weighted by Gasteiger charge is 2.15. The molecule has 0 aliphatic carbocycles. The zero-order valence-electron chi connectivity index (χ0n) is 15.3. The third kappa shape index (κ3) is 4.25. The summed E-state index contributed by atoms with van der Waals surface area (Å²) in [7, 11) is 0. The summed E-state index contributed by atoms with van der Waals surface area (Å²) in [5.74, 6) is 1.89. The summed E-state index contributed by atoms with van der Waals surface area (Å²) in [6, 6.07) is 7.18. The second-order valence-corrected chi connectivity index (χ2v) is 6.46. The molecule has 3 aromatic heterocycles. The van der Waals surface area contributed by atoms with Crippen LogP contribution in [0.25, 0.3) is 11.3 Å². The van der Waals surface area contributed by atoms with Crippen LogP contribution in [0.4, 0.5) is 11.6 Å². The third-order valence-electron chi connectivity index (χ3n) is 4.49. The van der Waals surface area contributed by atoms with Crippen LogP contribution in [-0.4, -0.2) is 52.2 Å². The second kappa shape index (κ2) is 8.47. The smallest absolute Gasteiger partial charge is 0.273 e. The molecule has 1 aliphatic heterocycles. The number of nitrogens with one attached hydrogen (secondary N) is 2. The Hall–Kier alpha value is -3.49. The van der Waals surface area contributed by atoms with Gasteiger partial charge in [0.25, 0.3) is 5.91 Å². The van der Waals surface area contributed by atoms with Crippen LogP contribution in [0.15, 0.2) is 47.5 Å². The van der Waals surface area contributed by atoms with Gasteiger partial charge in [0.05, 0.1) is 0 Å². The zero-order chi connectivity index (χ0) is 19.2. The summed E-state index contributed by atoms with van der Waals surface area (Å²) in [6.07, 6.45) is 7.28. The molecule has 28 heavy (non-hydrogen) atoms. The Morgan fingerprint density at radius 2 is 2.07 bits per heavy atom. The van der Waals surface area contributed by atoms with Crippen molar-refractivity contribution in [3.63, 3.8) is 0 Å². The fraction of sp³-hybridized carbons (Fsp3) is 0.316. The molecule has 4 heterocycles. The molecule has 0 atom stereocenters. The largest absolute Gasteiger partial charge is 0.368 e. The Bertz CT molecular complexity index is 923. The van der Waals surface area contributed by atoms with E-state index in [4.69, 9.17) is 4.52 Å². The van der Waals surface area contributed by atoms with Gasteiger partial charge in [0.15, 0.2) is 11.5 Å². The van der Waals surface area contributed by atoms with Gasteiger partial charge in [-0.15, -0.1) is 0 Å². The topological polar surface area (TPSA) is 109 Å². The summed E-state index contributed by atoms with van der Waals surface area (Å²) < 4.78 is 5.22. The number of carbonyl (C=O) groups excluding carboxylic acids is 1. The fourth-order valence-electron chi connectivity index (χ4n) is 3.05. The first-order valence-corrected chi connectivity index (χ1v) is 9.26. The molecule has 144 valence electrons. The normalized spacial score (nSPS) is 13.5. The summed E-state index contributed by atoms with van der Waals surface area (Å²) in [5, 5.41) is 9.84. The van der Waals surface area contributed by atoms with Gasteiger partial charge < -0.3 is 20.1 Å². The zero-order valence-corrected chi connectivity index (χ0v) is 15.3. The maximum atomic E-state index is 12.2.